The lowest BCUT2D eigenvalue weighted by Crippen LogP contribution is -2.45. The standard InChI is InChI=1S/C16H16FN5O.C3H6O/c1-11(2)10-22(15-6-7-19-14(9-18)20-15)21-16(23)12-4-3-5-13(17)8-12;1-3(2)4/h3-8,11H,10H2,1-2H3,(H,21,23);1-2H3. The molecule has 1 aromatic heterocycles. The van der Waals surface area contributed by atoms with Crippen LogP contribution in [0.25, 0.3) is 0 Å². The minimum Gasteiger partial charge on any atom is -0.300 e. The molecule has 0 bridgehead atoms. The Kier molecular flexibility index (Phi) is 8.53. The van der Waals surface area contributed by atoms with Crippen molar-refractivity contribution in [2.24, 2.45) is 5.92 Å². The van der Waals surface area contributed by atoms with Gasteiger partial charge in [-0.1, -0.05) is 19.9 Å². The summed E-state index contributed by atoms with van der Waals surface area (Å²) in [5.41, 5.74) is 2.89. The van der Waals surface area contributed by atoms with Crippen LogP contribution in [0.5, 0.6) is 0 Å². The Labute approximate surface area is 157 Å². The Hall–Kier alpha value is -3.34. The lowest BCUT2D eigenvalue weighted by Gasteiger charge is -2.26. The van der Waals surface area contributed by atoms with E-state index in [0.717, 1.165) is 6.07 Å². The predicted molar refractivity (Wildman–Crippen MR) is 99.2 cm³/mol. The third-order valence-corrected chi connectivity index (χ3v) is 2.89. The summed E-state index contributed by atoms with van der Waals surface area (Å²) >= 11 is 0. The number of nitrogens with zero attached hydrogens (tertiary/aromatic N) is 4. The molecule has 0 saturated carbocycles. The Morgan fingerprint density at radius 3 is 2.52 bits per heavy atom. The van der Waals surface area contributed by atoms with Gasteiger partial charge in [0.2, 0.25) is 5.82 Å². The molecule has 0 fully saturated rings. The second-order valence-electron chi connectivity index (χ2n) is 6.21. The number of benzene rings is 1. The first-order chi connectivity index (χ1) is 12.7. The van der Waals surface area contributed by atoms with Gasteiger partial charge in [-0.15, -0.1) is 0 Å². The van der Waals surface area contributed by atoms with E-state index >= 15 is 0 Å². The Morgan fingerprint density at radius 2 is 1.96 bits per heavy atom. The molecule has 0 spiro atoms. The lowest BCUT2D eigenvalue weighted by molar-refractivity contribution is -0.115. The van der Waals surface area contributed by atoms with Crippen molar-refractivity contribution >= 4 is 17.5 Å². The van der Waals surface area contributed by atoms with Crippen molar-refractivity contribution in [3.63, 3.8) is 0 Å². The summed E-state index contributed by atoms with van der Waals surface area (Å²) in [6.07, 6.45) is 1.45. The smallest absolute Gasteiger partial charge is 0.269 e. The highest BCUT2D eigenvalue weighted by molar-refractivity contribution is 5.95. The van der Waals surface area contributed by atoms with Crippen molar-refractivity contribution in [3.8, 4) is 6.07 Å². The van der Waals surface area contributed by atoms with Crippen molar-refractivity contribution in [1.29, 1.82) is 5.26 Å². The molecule has 1 N–H and O–H groups in total. The Bertz CT molecular complexity index is 829. The van der Waals surface area contributed by atoms with E-state index in [1.807, 2.05) is 19.9 Å². The van der Waals surface area contributed by atoms with Crippen LogP contribution in [0, 0.1) is 23.1 Å². The minimum absolute atomic E-state index is 0.0104. The van der Waals surface area contributed by atoms with E-state index < -0.39 is 11.7 Å². The fourth-order valence-electron chi connectivity index (χ4n) is 1.93. The molecule has 1 aromatic carbocycles. The van der Waals surface area contributed by atoms with E-state index in [9.17, 15) is 14.0 Å². The molecule has 7 nitrogen and oxygen atoms in total. The third-order valence-electron chi connectivity index (χ3n) is 2.89. The summed E-state index contributed by atoms with van der Waals surface area (Å²) in [6.45, 7) is 7.49. The summed E-state index contributed by atoms with van der Waals surface area (Å²) in [5.74, 6) is -0.140. The SMILES string of the molecule is CC(C)=O.CC(C)CN(NC(=O)c1cccc(F)c1)c1ccnc(C#N)n1. The molecule has 142 valence electrons. The quantitative estimate of drug-likeness (QED) is 0.812. The molecule has 0 saturated heterocycles. The van der Waals surface area contributed by atoms with Crippen molar-refractivity contribution in [2.75, 3.05) is 11.6 Å². The van der Waals surface area contributed by atoms with Crippen LogP contribution in [0.4, 0.5) is 10.2 Å². The monoisotopic (exact) mass is 371 g/mol. The number of Topliss-reactive ketones (excluding diaryl/α,β-unsaturated/α-hetero) is 1. The average molecular weight is 371 g/mol. The number of carbonyl (C=O) groups excluding carboxylic acids is 2. The van der Waals surface area contributed by atoms with Crippen LogP contribution in [0.2, 0.25) is 0 Å². The highest BCUT2D eigenvalue weighted by atomic mass is 19.1. The van der Waals surface area contributed by atoms with Crippen LogP contribution in [0.3, 0.4) is 0 Å². The number of ketones is 1. The largest absolute Gasteiger partial charge is 0.300 e. The first-order valence-corrected chi connectivity index (χ1v) is 8.27. The van der Waals surface area contributed by atoms with Crippen LogP contribution in [0.1, 0.15) is 43.9 Å². The van der Waals surface area contributed by atoms with Gasteiger partial charge in [0.05, 0.1) is 0 Å². The highest BCUT2D eigenvalue weighted by Crippen LogP contribution is 2.11. The molecule has 0 radical (unpaired) electrons. The zero-order valence-corrected chi connectivity index (χ0v) is 15.7. The van der Waals surface area contributed by atoms with Crippen molar-refractivity contribution < 1.29 is 14.0 Å². The van der Waals surface area contributed by atoms with E-state index in [4.69, 9.17) is 5.26 Å². The molecule has 2 aromatic rings. The number of nitriles is 1. The highest BCUT2D eigenvalue weighted by Gasteiger charge is 2.15. The number of nitrogens with one attached hydrogen (secondary N) is 1. The lowest BCUT2D eigenvalue weighted by atomic mass is 10.2. The Balaban J connectivity index is 0.000000828. The number of anilines is 1. The topological polar surface area (TPSA) is 99.0 Å². The van der Waals surface area contributed by atoms with E-state index in [1.54, 1.807) is 6.07 Å². The van der Waals surface area contributed by atoms with Crippen LogP contribution in [0.15, 0.2) is 36.5 Å². The van der Waals surface area contributed by atoms with Crippen LogP contribution < -0.4 is 10.4 Å². The minimum atomic E-state index is -0.484. The van der Waals surface area contributed by atoms with Crippen LogP contribution >= 0.6 is 0 Å². The maximum absolute atomic E-state index is 13.2. The van der Waals surface area contributed by atoms with Crippen molar-refractivity contribution in [2.45, 2.75) is 27.7 Å². The third kappa shape index (κ3) is 8.05. The summed E-state index contributed by atoms with van der Waals surface area (Å²) in [4.78, 5) is 29.6. The van der Waals surface area contributed by atoms with Crippen LogP contribution in [-0.2, 0) is 4.79 Å². The van der Waals surface area contributed by atoms with E-state index in [1.165, 1.54) is 43.3 Å². The number of amides is 1. The first kappa shape index (κ1) is 21.7. The van der Waals surface area contributed by atoms with E-state index in [0.29, 0.717) is 12.4 Å². The van der Waals surface area contributed by atoms with E-state index in [2.05, 4.69) is 15.4 Å². The van der Waals surface area contributed by atoms with Gasteiger partial charge in [0.1, 0.15) is 17.7 Å². The molecule has 1 amide bonds. The van der Waals surface area contributed by atoms with Crippen molar-refractivity contribution in [3.05, 3.63) is 53.7 Å². The summed E-state index contributed by atoms with van der Waals surface area (Å²) in [7, 11) is 0. The number of hydrogen-bond acceptors (Lipinski definition) is 6. The zero-order valence-electron chi connectivity index (χ0n) is 15.7. The van der Waals surface area contributed by atoms with Gasteiger partial charge < -0.3 is 4.79 Å². The second kappa shape index (κ2) is 10.6. The predicted octanol–water partition coefficient (Wildman–Crippen LogP) is 2.89. The first-order valence-electron chi connectivity index (χ1n) is 8.27. The van der Waals surface area contributed by atoms with Gasteiger partial charge in [0.15, 0.2) is 5.82 Å². The normalized spacial score (nSPS) is 9.67. The number of carbonyl (C=O) groups is 2. The van der Waals surface area contributed by atoms with Gasteiger partial charge in [-0.25, -0.2) is 9.37 Å². The molecule has 0 unspecified atom stereocenters. The van der Waals surface area contributed by atoms with Gasteiger partial charge in [0.25, 0.3) is 5.91 Å². The fraction of sp³-hybridized carbons (Fsp3) is 0.316. The summed E-state index contributed by atoms with van der Waals surface area (Å²) in [6, 6.07) is 8.86. The van der Waals surface area contributed by atoms with Crippen LogP contribution in [-0.4, -0.2) is 28.2 Å². The maximum atomic E-state index is 13.2. The molecule has 0 aliphatic heterocycles. The zero-order chi connectivity index (χ0) is 20.4. The Morgan fingerprint density at radius 1 is 1.30 bits per heavy atom. The second-order valence-corrected chi connectivity index (χ2v) is 6.21. The average Bonchev–Trinajstić information content (AvgIpc) is 2.60. The number of aromatic nitrogens is 2. The maximum Gasteiger partial charge on any atom is 0.269 e. The van der Waals surface area contributed by atoms with Crippen molar-refractivity contribution in [1.82, 2.24) is 15.4 Å². The number of halogens is 1. The molecule has 0 atom stereocenters. The molecular formula is C19H22FN5O2. The van der Waals surface area contributed by atoms with Gasteiger partial charge >= 0.3 is 0 Å². The number of hydrazine groups is 1. The molecular weight excluding hydrogens is 349 g/mol. The fourth-order valence-corrected chi connectivity index (χ4v) is 1.93. The van der Waals surface area contributed by atoms with Gasteiger partial charge in [0, 0.05) is 24.4 Å². The molecule has 1 heterocycles. The number of rotatable bonds is 5. The molecule has 2 rings (SSSR count). The summed E-state index contributed by atoms with van der Waals surface area (Å²) < 4.78 is 13.2. The van der Waals surface area contributed by atoms with Gasteiger partial charge in [-0.05, 0) is 38.0 Å². The van der Waals surface area contributed by atoms with Gasteiger partial charge in [-0.3, -0.25) is 15.2 Å². The number of hydrogen-bond donors (Lipinski definition) is 1. The molecule has 27 heavy (non-hydrogen) atoms. The van der Waals surface area contributed by atoms with Gasteiger partial charge in [-0.2, -0.15) is 10.2 Å². The molecule has 0 aliphatic rings. The van der Waals surface area contributed by atoms with E-state index in [-0.39, 0.29) is 23.1 Å². The molecule has 0 aliphatic carbocycles. The summed E-state index contributed by atoms with van der Waals surface area (Å²) in [5, 5.41) is 10.4. The molecule has 8 heteroatoms.